The van der Waals surface area contributed by atoms with Crippen LogP contribution in [0.1, 0.15) is 13.8 Å². The van der Waals surface area contributed by atoms with E-state index in [2.05, 4.69) is 21.5 Å². The molecule has 1 aliphatic heterocycles. The van der Waals surface area contributed by atoms with Gasteiger partial charge in [0.05, 0.1) is 18.5 Å². The van der Waals surface area contributed by atoms with Crippen molar-refractivity contribution >= 4 is 27.6 Å². The van der Waals surface area contributed by atoms with E-state index in [9.17, 15) is 4.79 Å². The molecule has 1 aromatic rings. The Bertz CT molecular complexity index is 492. The van der Waals surface area contributed by atoms with Gasteiger partial charge in [-0.15, -0.1) is 5.53 Å². The number of nitrogens with zero attached hydrogens (tertiary/aromatic N) is 2. The molecule has 0 saturated carbocycles. The summed E-state index contributed by atoms with van der Waals surface area (Å²) < 4.78 is 5.89. The second-order valence-corrected chi connectivity index (χ2v) is 4.99. The van der Waals surface area contributed by atoms with E-state index in [1.165, 1.54) is 5.17 Å². The van der Waals surface area contributed by atoms with E-state index in [0.29, 0.717) is 6.61 Å². The summed E-state index contributed by atoms with van der Waals surface area (Å²) in [7, 11) is 0. The highest BCUT2D eigenvalue weighted by molar-refractivity contribution is 9.10. The van der Waals surface area contributed by atoms with Crippen LogP contribution >= 0.6 is 15.9 Å². The highest BCUT2D eigenvalue weighted by atomic mass is 79.9. The minimum atomic E-state index is -0.683. The zero-order valence-corrected chi connectivity index (χ0v) is 12.8. The molecule has 20 heavy (non-hydrogen) atoms. The highest BCUT2D eigenvalue weighted by Crippen LogP contribution is 2.19. The molecule has 6 nitrogen and oxygen atoms in total. The minimum Gasteiger partial charge on any atom is -0.464 e. The standard InChI is InChI=1S/C13H16BrN3O3/c1-3-19-13(18)10(2)20-17-9-8-16(15-17)12-6-4-11(14)5-7-12/h4-10,15H,3H2,1-2H3. The molecular formula is C13H16BrN3O3. The van der Waals surface area contributed by atoms with Crippen LogP contribution < -0.4 is 10.5 Å². The first-order valence-electron chi connectivity index (χ1n) is 6.22. The van der Waals surface area contributed by atoms with Crippen molar-refractivity contribution in [1.29, 1.82) is 0 Å². The predicted octanol–water partition coefficient (Wildman–Crippen LogP) is 2.35. The molecule has 0 saturated heterocycles. The number of hydrogen-bond donors (Lipinski definition) is 1. The van der Waals surface area contributed by atoms with E-state index in [4.69, 9.17) is 9.57 Å². The number of carbonyl (C=O) groups excluding carboxylic acids is 1. The molecule has 0 aromatic heterocycles. The van der Waals surface area contributed by atoms with Gasteiger partial charge in [-0.25, -0.2) is 9.63 Å². The van der Waals surface area contributed by atoms with E-state index in [1.807, 2.05) is 24.3 Å². The number of nitrogens with one attached hydrogen (secondary N) is 1. The number of hydrogen-bond acceptors (Lipinski definition) is 6. The lowest BCUT2D eigenvalue weighted by Gasteiger charge is -2.23. The zero-order chi connectivity index (χ0) is 14.5. The second-order valence-electron chi connectivity index (χ2n) is 4.07. The molecule has 0 aliphatic carbocycles. The normalized spacial score (nSPS) is 15.6. The monoisotopic (exact) mass is 341 g/mol. The second kappa shape index (κ2) is 6.74. The van der Waals surface area contributed by atoms with Crippen LogP contribution in [0.3, 0.4) is 0 Å². The maximum absolute atomic E-state index is 11.5. The number of hydrazine groups is 2. The summed E-state index contributed by atoms with van der Waals surface area (Å²) in [5.41, 5.74) is 3.91. The Morgan fingerprint density at radius 1 is 1.35 bits per heavy atom. The zero-order valence-electron chi connectivity index (χ0n) is 11.2. The molecule has 1 heterocycles. The summed E-state index contributed by atoms with van der Waals surface area (Å²) in [6.07, 6.45) is 2.79. The number of halogens is 1. The van der Waals surface area contributed by atoms with Crippen molar-refractivity contribution in [2.24, 2.45) is 0 Å². The Labute approximate surface area is 126 Å². The van der Waals surface area contributed by atoms with Crippen molar-refractivity contribution in [3.63, 3.8) is 0 Å². The Hall–Kier alpha value is -1.57. The molecule has 2 rings (SSSR count). The maximum Gasteiger partial charge on any atom is 0.337 e. The van der Waals surface area contributed by atoms with E-state index >= 15 is 0 Å². The molecule has 0 spiro atoms. The molecule has 7 heteroatoms. The summed E-state index contributed by atoms with van der Waals surface area (Å²) >= 11 is 3.39. The van der Waals surface area contributed by atoms with E-state index < -0.39 is 12.1 Å². The third kappa shape index (κ3) is 3.72. The minimum absolute atomic E-state index is 0.334. The summed E-state index contributed by atoms with van der Waals surface area (Å²) in [6, 6.07) is 7.77. The van der Waals surface area contributed by atoms with Gasteiger partial charge in [-0.3, -0.25) is 5.01 Å². The van der Waals surface area contributed by atoms with Crippen LogP contribution in [0.4, 0.5) is 5.69 Å². The molecule has 0 fully saturated rings. The van der Waals surface area contributed by atoms with Crippen molar-refractivity contribution in [3.05, 3.63) is 41.1 Å². The Morgan fingerprint density at radius 2 is 2.05 bits per heavy atom. The molecule has 1 aromatic carbocycles. The summed E-state index contributed by atoms with van der Waals surface area (Å²) in [5.74, 6) is -0.398. The highest BCUT2D eigenvalue weighted by Gasteiger charge is 2.21. The molecule has 108 valence electrons. The van der Waals surface area contributed by atoms with Crippen molar-refractivity contribution in [2.75, 3.05) is 11.6 Å². The quantitative estimate of drug-likeness (QED) is 0.829. The van der Waals surface area contributed by atoms with E-state index in [1.54, 1.807) is 31.3 Å². The first-order chi connectivity index (χ1) is 9.60. The lowest BCUT2D eigenvalue weighted by atomic mass is 10.3. The van der Waals surface area contributed by atoms with Crippen LogP contribution in [0.2, 0.25) is 0 Å². The number of benzene rings is 1. The third-order valence-corrected chi connectivity index (χ3v) is 3.08. The Kier molecular flexibility index (Phi) is 4.99. The third-order valence-electron chi connectivity index (χ3n) is 2.55. The van der Waals surface area contributed by atoms with Gasteiger partial charge in [-0.05, 0) is 38.1 Å². The summed E-state index contributed by atoms with van der Waals surface area (Å²) in [6.45, 7) is 3.73. The average Bonchev–Trinajstić information content (AvgIpc) is 2.88. The first kappa shape index (κ1) is 14.8. The van der Waals surface area contributed by atoms with Gasteiger partial charge >= 0.3 is 5.97 Å². The Morgan fingerprint density at radius 3 is 2.70 bits per heavy atom. The van der Waals surface area contributed by atoms with Gasteiger partial charge in [0, 0.05) is 10.7 Å². The van der Waals surface area contributed by atoms with E-state index in [-0.39, 0.29) is 0 Å². The molecule has 1 N–H and O–H groups in total. The first-order valence-corrected chi connectivity index (χ1v) is 7.01. The largest absolute Gasteiger partial charge is 0.464 e. The van der Waals surface area contributed by atoms with Gasteiger partial charge in [-0.2, -0.15) is 5.17 Å². The molecule has 0 amide bonds. The fourth-order valence-corrected chi connectivity index (χ4v) is 1.84. The maximum atomic E-state index is 11.5. The smallest absolute Gasteiger partial charge is 0.337 e. The number of rotatable bonds is 5. The van der Waals surface area contributed by atoms with Gasteiger partial charge in [0.25, 0.3) is 0 Å². The average molecular weight is 342 g/mol. The van der Waals surface area contributed by atoms with Gasteiger partial charge in [-0.1, -0.05) is 15.9 Å². The molecule has 0 radical (unpaired) electrons. The number of esters is 1. The van der Waals surface area contributed by atoms with Crippen LogP contribution in [0.25, 0.3) is 0 Å². The number of anilines is 1. The van der Waals surface area contributed by atoms with Gasteiger partial charge in [0.15, 0.2) is 6.10 Å². The number of ether oxygens (including phenoxy) is 1. The summed E-state index contributed by atoms with van der Waals surface area (Å²) in [5, 5.41) is 3.13. The van der Waals surface area contributed by atoms with Crippen LogP contribution in [-0.2, 0) is 14.4 Å². The number of hydroxylamine groups is 1. The lowest BCUT2D eigenvalue weighted by molar-refractivity contribution is -0.205. The van der Waals surface area contributed by atoms with Gasteiger partial charge < -0.3 is 4.74 Å². The van der Waals surface area contributed by atoms with Crippen molar-refractivity contribution in [3.8, 4) is 0 Å². The SMILES string of the molecule is CCOC(=O)C(C)ON1C=CN(c2ccc(Br)cc2)N1. The van der Waals surface area contributed by atoms with Crippen molar-refractivity contribution in [1.82, 2.24) is 10.7 Å². The molecule has 1 unspecified atom stereocenters. The predicted molar refractivity (Wildman–Crippen MR) is 77.9 cm³/mol. The van der Waals surface area contributed by atoms with Crippen LogP contribution in [0.5, 0.6) is 0 Å². The Balaban J connectivity index is 1.88. The summed E-state index contributed by atoms with van der Waals surface area (Å²) in [4.78, 5) is 16.9. The molecule has 1 atom stereocenters. The van der Waals surface area contributed by atoms with Gasteiger partial charge in [0.1, 0.15) is 0 Å². The fraction of sp³-hybridized carbons (Fsp3) is 0.308. The lowest BCUT2D eigenvalue weighted by Crippen LogP contribution is -2.42. The number of carbonyl (C=O) groups is 1. The van der Waals surface area contributed by atoms with E-state index in [0.717, 1.165) is 10.2 Å². The van der Waals surface area contributed by atoms with Crippen molar-refractivity contribution < 1.29 is 14.4 Å². The van der Waals surface area contributed by atoms with Crippen LogP contribution in [0, 0.1) is 0 Å². The fourth-order valence-electron chi connectivity index (χ4n) is 1.58. The molecular weight excluding hydrogens is 326 g/mol. The van der Waals surface area contributed by atoms with Crippen LogP contribution in [-0.4, -0.2) is 23.9 Å². The molecule has 0 bridgehead atoms. The van der Waals surface area contributed by atoms with Crippen molar-refractivity contribution in [2.45, 2.75) is 20.0 Å². The van der Waals surface area contributed by atoms with Crippen LogP contribution in [0.15, 0.2) is 41.1 Å². The topological polar surface area (TPSA) is 54.0 Å². The molecule has 1 aliphatic rings. The van der Waals surface area contributed by atoms with Gasteiger partial charge in [0.2, 0.25) is 0 Å².